The van der Waals surface area contributed by atoms with Crippen molar-refractivity contribution in [3.05, 3.63) is 35.4 Å². The van der Waals surface area contributed by atoms with E-state index < -0.39 is 14.1 Å². The fourth-order valence-electron chi connectivity index (χ4n) is 1.57. The van der Waals surface area contributed by atoms with Gasteiger partial charge in [-0.2, -0.15) is 0 Å². The van der Waals surface area contributed by atoms with Gasteiger partial charge in [-0.1, -0.05) is 45.0 Å². The van der Waals surface area contributed by atoms with Crippen molar-refractivity contribution in [3.63, 3.8) is 0 Å². The average molecular weight is 329 g/mol. The molecule has 1 rings (SSSR count). The first-order valence-corrected chi connectivity index (χ1v) is 9.85. The van der Waals surface area contributed by atoms with Crippen molar-refractivity contribution in [2.24, 2.45) is 0 Å². The molecule has 0 saturated carbocycles. The number of alkyl halides is 1. The molecule has 18 heavy (non-hydrogen) atoms. The quantitative estimate of drug-likeness (QED) is 0.476. The lowest BCUT2D eigenvalue weighted by molar-refractivity contribution is 0.0897. The summed E-state index contributed by atoms with van der Waals surface area (Å²) in [5.41, 5.74) is 2.03. The average Bonchev–Trinajstić information content (AvgIpc) is 2.26. The molecule has 0 saturated heterocycles. The summed E-state index contributed by atoms with van der Waals surface area (Å²) in [6.45, 7) is 10.6. The molecule has 0 bridgehead atoms. The Hall–Kier alpha value is -0.453. The fourth-order valence-corrected chi connectivity index (χ4v) is 3.73. The minimum Gasteiger partial charge on any atom is -0.402 e. The van der Waals surface area contributed by atoms with Gasteiger partial charge in [-0.15, -0.1) is 0 Å². The van der Waals surface area contributed by atoms with E-state index in [2.05, 4.69) is 36.7 Å². The molecule has 1 unspecified atom stereocenters. The molecule has 0 N–H and O–H groups in total. The first-order valence-electron chi connectivity index (χ1n) is 6.16. The summed E-state index contributed by atoms with van der Waals surface area (Å²) in [4.78, 5) is 12.1. The summed E-state index contributed by atoms with van der Waals surface area (Å²) in [6.07, 6.45) is 0. The van der Waals surface area contributed by atoms with Crippen molar-refractivity contribution in [1.29, 1.82) is 0 Å². The molecule has 0 amide bonds. The number of carbonyl (C=O) groups excluding carboxylic acids is 1. The maximum atomic E-state index is 12.1. The minimum atomic E-state index is -1.21. The van der Waals surface area contributed by atoms with Crippen LogP contribution in [0, 0.1) is 0 Å². The number of Topliss-reactive ketones (excluding diaryl/α,β-unsaturated/α-hetero) is 1. The summed E-state index contributed by atoms with van der Waals surface area (Å²) in [5, 5.41) is -0.510. The van der Waals surface area contributed by atoms with Gasteiger partial charge in [0.25, 0.3) is 0 Å². The molecule has 0 aliphatic carbocycles. The van der Waals surface area contributed by atoms with Gasteiger partial charge in [0.05, 0.1) is 0 Å². The Morgan fingerprint density at radius 1 is 1.22 bits per heavy atom. The van der Waals surface area contributed by atoms with Crippen molar-refractivity contribution < 1.29 is 9.22 Å². The highest BCUT2D eigenvalue weighted by Gasteiger charge is 2.20. The van der Waals surface area contributed by atoms with Crippen LogP contribution in [0.15, 0.2) is 24.3 Å². The molecule has 1 aromatic carbocycles. The van der Waals surface area contributed by atoms with Gasteiger partial charge in [-0.25, -0.2) is 0 Å². The minimum absolute atomic E-state index is 0.00309. The summed E-state index contributed by atoms with van der Waals surface area (Å²) >= 11 is 3.30. The third-order valence-corrected chi connectivity index (χ3v) is 4.48. The fraction of sp³-hybridized carbons (Fsp3) is 0.500. The van der Waals surface area contributed by atoms with Crippen molar-refractivity contribution in [2.45, 2.75) is 44.3 Å². The smallest absolute Gasteiger partial charge is 0.201 e. The largest absolute Gasteiger partial charge is 0.402 e. The van der Waals surface area contributed by atoms with Crippen LogP contribution in [0.25, 0.3) is 0 Å². The zero-order valence-electron chi connectivity index (χ0n) is 11.7. The van der Waals surface area contributed by atoms with E-state index in [0.29, 0.717) is 5.56 Å². The van der Waals surface area contributed by atoms with Gasteiger partial charge >= 0.3 is 0 Å². The number of halogens is 1. The summed E-state index contributed by atoms with van der Waals surface area (Å²) < 4.78 is 5.57. The van der Waals surface area contributed by atoms with Crippen LogP contribution >= 0.6 is 15.9 Å². The molecular weight excluding hydrogens is 308 g/mol. The maximum Gasteiger partial charge on any atom is 0.201 e. The highest BCUT2D eigenvalue weighted by atomic mass is 79.9. The molecule has 1 aromatic rings. The van der Waals surface area contributed by atoms with E-state index in [1.165, 1.54) is 5.56 Å². The molecule has 0 aliphatic rings. The summed E-state index contributed by atoms with van der Waals surface area (Å²) in [5.74, 6) is -0.00309. The Balaban J connectivity index is 2.82. The lowest BCUT2D eigenvalue weighted by Crippen LogP contribution is -2.23. The van der Waals surface area contributed by atoms with E-state index in [4.69, 9.17) is 4.43 Å². The van der Waals surface area contributed by atoms with Crippen LogP contribution in [0.3, 0.4) is 0 Å². The van der Waals surface area contributed by atoms with Crippen molar-refractivity contribution in [3.8, 4) is 0 Å². The Morgan fingerprint density at radius 2 is 1.72 bits per heavy atom. The highest BCUT2D eigenvalue weighted by molar-refractivity contribution is 9.09. The van der Waals surface area contributed by atoms with Gasteiger partial charge in [0, 0.05) is 5.56 Å². The topological polar surface area (TPSA) is 26.3 Å². The van der Waals surface area contributed by atoms with E-state index >= 15 is 0 Å². The molecule has 0 aliphatic heterocycles. The summed E-state index contributed by atoms with van der Waals surface area (Å²) in [6, 6.07) is 7.78. The number of hydrogen-bond acceptors (Lipinski definition) is 2. The molecule has 4 heteroatoms. The monoisotopic (exact) mass is 328 g/mol. The second kappa shape index (κ2) is 6.13. The zero-order valence-corrected chi connectivity index (χ0v) is 14.4. The van der Waals surface area contributed by atoms with Crippen molar-refractivity contribution in [1.82, 2.24) is 0 Å². The third-order valence-electron chi connectivity index (χ3n) is 2.63. The van der Waals surface area contributed by atoms with Crippen LogP contribution in [-0.2, 0) is 9.84 Å². The standard InChI is InChI=1S/C14H21BrO2Si/c1-14(2,3)11-8-6-10(7-9-11)12(16)13(15)17-18(4)5/h6-9,13,18H,1-5H3. The Kier molecular flexibility index (Phi) is 5.31. The van der Waals surface area contributed by atoms with Gasteiger partial charge in [-0.3, -0.25) is 4.79 Å². The molecule has 0 heterocycles. The van der Waals surface area contributed by atoms with Crippen LogP contribution in [0.5, 0.6) is 0 Å². The van der Waals surface area contributed by atoms with Gasteiger partial charge < -0.3 is 4.43 Å². The predicted molar refractivity (Wildman–Crippen MR) is 82.1 cm³/mol. The number of benzene rings is 1. The van der Waals surface area contributed by atoms with Crippen LogP contribution in [0.4, 0.5) is 0 Å². The molecule has 0 fully saturated rings. The predicted octanol–water partition coefficient (Wildman–Crippen LogP) is 3.89. The second-order valence-corrected chi connectivity index (χ2v) is 8.89. The zero-order chi connectivity index (χ0) is 13.9. The normalized spacial score (nSPS) is 13.7. The van der Waals surface area contributed by atoms with Crippen molar-refractivity contribution in [2.75, 3.05) is 0 Å². The lowest BCUT2D eigenvalue weighted by atomic mass is 9.86. The van der Waals surface area contributed by atoms with E-state index in [1.54, 1.807) is 0 Å². The van der Waals surface area contributed by atoms with Crippen LogP contribution in [0.1, 0.15) is 36.7 Å². The van der Waals surface area contributed by atoms with E-state index in [1.807, 2.05) is 37.4 Å². The number of ketones is 1. The SMILES string of the molecule is C[SiH](C)OC(Br)C(=O)c1ccc(C(C)(C)C)cc1. The molecule has 0 radical (unpaired) electrons. The molecule has 2 nitrogen and oxygen atoms in total. The Morgan fingerprint density at radius 3 is 2.11 bits per heavy atom. The number of rotatable bonds is 4. The van der Waals surface area contributed by atoms with Crippen LogP contribution in [0.2, 0.25) is 13.1 Å². The maximum absolute atomic E-state index is 12.1. The van der Waals surface area contributed by atoms with E-state index in [9.17, 15) is 4.79 Å². The van der Waals surface area contributed by atoms with Crippen LogP contribution < -0.4 is 0 Å². The van der Waals surface area contributed by atoms with Gasteiger partial charge in [0.15, 0.2) is 14.1 Å². The number of carbonyl (C=O) groups is 1. The van der Waals surface area contributed by atoms with Crippen molar-refractivity contribution >= 4 is 30.8 Å². The highest BCUT2D eigenvalue weighted by Crippen LogP contribution is 2.23. The molecule has 1 atom stereocenters. The van der Waals surface area contributed by atoms with Gasteiger partial charge in [0.2, 0.25) is 5.78 Å². The van der Waals surface area contributed by atoms with Gasteiger partial charge in [-0.05, 0) is 40.0 Å². The summed E-state index contributed by atoms with van der Waals surface area (Å²) in [7, 11) is -1.21. The first kappa shape index (κ1) is 15.6. The third kappa shape index (κ3) is 4.34. The van der Waals surface area contributed by atoms with Gasteiger partial charge in [0.1, 0.15) is 0 Å². The van der Waals surface area contributed by atoms with Crippen LogP contribution in [-0.4, -0.2) is 19.8 Å². The number of hydrogen-bond donors (Lipinski definition) is 0. The molecule has 0 aromatic heterocycles. The molecular formula is C14H21BrO2Si. The van der Waals surface area contributed by atoms with E-state index in [-0.39, 0.29) is 11.2 Å². The lowest BCUT2D eigenvalue weighted by Gasteiger charge is -2.19. The molecule has 100 valence electrons. The van der Waals surface area contributed by atoms with E-state index in [0.717, 1.165) is 0 Å². The first-order chi connectivity index (χ1) is 8.21. The second-order valence-electron chi connectivity index (χ2n) is 5.69. The Bertz CT molecular complexity index is 407. The molecule has 0 spiro atoms. The Labute approximate surface area is 120 Å².